The molecule has 0 saturated carbocycles. The molecule has 0 atom stereocenters. The minimum absolute atomic E-state index is 0. The lowest BCUT2D eigenvalue weighted by molar-refractivity contribution is -0.122. The van der Waals surface area contributed by atoms with E-state index in [4.69, 9.17) is 4.74 Å². The smallest absolute Gasteiger partial charge is 0.234 e. The van der Waals surface area contributed by atoms with E-state index in [0.29, 0.717) is 19.7 Å². The van der Waals surface area contributed by atoms with Crippen molar-refractivity contribution >= 4 is 46.7 Å². The molecule has 172 valence electrons. The number of carbonyl (C=O) groups excluding carboxylic acids is 1. The van der Waals surface area contributed by atoms with E-state index in [1.807, 2.05) is 7.05 Å². The quantitative estimate of drug-likeness (QED) is 0.194. The number of hydrogen-bond acceptors (Lipinski definition) is 4. The number of guanidine groups is 1. The van der Waals surface area contributed by atoms with E-state index < -0.39 is 0 Å². The Morgan fingerprint density at radius 1 is 1.16 bits per heavy atom. The maximum atomic E-state index is 12.0. The fraction of sp³-hybridized carbons (Fsp3) is 0.545. The van der Waals surface area contributed by atoms with Crippen molar-refractivity contribution in [1.29, 1.82) is 0 Å². The molecule has 0 spiro atoms. The van der Waals surface area contributed by atoms with E-state index >= 15 is 0 Å². The summed E-state index contributed by atoms with van der Waals surface area (Å²) in [6, 6.07) is 8.43. The first-order valence-corrected chi connectivity index (χ1v) is 10.7. The van der Waals surface area contributed by atoms with Crippen LogP contribution in [-0.4, -0.2) is 93.2 Å². The van der Waals surface area contributed by atoms with Crippen LogP contribution in [0, 0.1) is 0 Å². The van der Waals surface area contributed by atoms with Crippen molar-refractivity contribution in [3.05, 3.63) is 36.0 Å². The summed E-state index contributed by atoms with van der Waals surface area (Å²) in [4.78, 5) is 24.2. The first-order valence-electron chi connectivity index (χ1n) is 10.7. The molecule has 3 rings (SSSR count). The van der Waals surface area contributed by atoms with Crippen molar-refractivity contribution in [3.8, 4) is 0 Å². The number of fused-ring (bicyclic) bond motifs is 1. The maximum absolute atomic E-state index is 12.0. The Bertz CT molecular complexity index is 832. The number of amides is 1. The number of halogens is 1. The Morgan fingerprint density at radius 3 is 2.68 bits per heavy atom. The van der Waals surface area contributed by atoms with Gasteiger partial charge in [-0.25, -0.2) is 0 Å². The topological polar surface area (TPSA) is 85.0 Å². The Hall–Kier alpha value is -1.85. The second-order valence-corrected chi connectivity index (χ2v) is 7.54. The molecule has 9 heteroatoms. The molecule has 2 heterocycles. The van der Waals surface area contributed by atoms with Gasteiger partial charge in [-0.3, -0.25) is 14.7 Å². The molecule has 0 bridgehead atoms. The number of nitrogens with zero attached hydrogens (tertiary/aromatic N) is 3. The number of aromatic amines is 1. The summed E-state index contributed by atoms with van der Waals surface area (Å²) in [5.74, 6) is 0.999. The summed E-state index contributed by atoms with van der Waals surface area (Å²) < 4.78 is 4.96. The van der Waals surface area contributed by atoms with E-state index in [-0.39, 0.29) is 29.9 Å². The fourth-order valence-electron chi connectivity index (χ4n) is 3.82. The fourth-order valence-corrected chi connectivity index (χ4v) is 3.82. The van der Waals surface area contributed by atoms with Crippen LogP contribution in [0.5, 0.6) is 0 Å². The largest absolute Gasteiger partial charge is 0.383 e. The number of methoxy groups -OCH3 is 1. The number of benzene rings is 1. The maximum Gasteiger partial charge on any atom is 0.234 e. The van der Waals surface area contributed by atoms with Crippen molar-refractivity contribution in [3.63, 3.8) is 0 Å². The van der Waals surface area contributed by atoms with Gasteiger partial charge in [-0.15, -0.1) is 24.0 Å². The van der Waals surface area contributed by atoms with E-state index in [9.17, 15) is 4.79 Å². The van der Waals surface area contributed by atoms with Crippen molar-refractivity contribution in [2.75, 3.05) is 66.6 Å². The Labute approximate surface area is 201 Å². The predicted molar refractivity (Wildman–Crippen MR) is 136 cm³/mol. The third-order valence-electron chi connectivity index (χ3n) is 5.46. The molecule has 2 aromatic rings. The summed E-state index contributed by atoms with van der Waals surface area (Å²) in [5, 5.41) is 7.68. The van der Waals surface area contributed by atoms with Crippen LogP contribution in [0.15, 0.2) is 35.5 Å². The molecule has 1 aromatic carbocycles. The highest BCUT2D eigenvalue weighted by molar-refractivity contribution is 14.0. The van der Waals surface area contributed by atoms with E-state index in [0.717, 1.165) is 51.5 Å². The second kappa shape index (κ2) is 13.5. The number of H-pyrrole nitrogens is 1. The molecule has 0 aliphatic carbocycles. The average Bonchev–Trinajstić information content (AvgIpc) is 3.18. The Morgan fingerprint density at radius 2 is 1.94 bits per heavy atom. The third kappa shape index (κ3) is 7.65. The summed E-state index contributed by atoms with van der Waals surface area (Å²) in [7, 11) is 3.46. The van der Waals surface area contributed by atoms with Gasteiger partial charge >= 0.3 is 0 Å². The predicted octanol–water partition coefficient (Wildman–Crippen LogP) is 1.67. The highest BCUT2D eigenvalue weighted by Crippen LogP contribution is 2.18. The molecule has 8 nitrogen and oxygen atoms in total. The number of piperazine rings is 1. The van der Waals surface area contributed by atoms with Crippen LogP contribution < -0.4 is 10.6 Å². The number of aryl methyl sites for hydroxylation is 1. The summed E-state index contributed by atoms with van der Waals surface area (Å²) in [6.45, 7) is 5.87. The number of ether oxygens (including phenoxy) is 1. The lowest BCUT2D eigenvalue weighted by atomic mass is 10.1. The zero-order valence-corrected chi connectivity index (χ0v) is 20.9. The van der Waals surface area contributed by atoms with Gasteiger partial charge in [-0.05, 0) is 24.5 Å². The molecule has 0 unspecified atom stereocenters. The van der Waals surface area contributed by atoms with Gasteiger partial charge in [0.05, 0.1) is 13.2 Å². The molecule has 0 radical (unpaired) electrons. The van der Waals surface area contributed by atoms with Crippen molar-refractivity contribution in [1.82, 2.24) is 25.4 Å². The first-order chi connectivity index (χ1) is 14.7. The molecule has 1 aliphatic heterocycles. The standard InChI is InChI=1S/C22H34N6O2.HI/c1-23-22(25-9-5-6-18-16-26-20-8-4-3-7-19(18)20)28-13-11-27(12-14-28)17-21(29)24-10-15-30-2;/h3-4,7-8,16,26H,5-6,9-15,17H2,1-2H3,(H,23,25)(H,24,29);1H. The number of rotatable bonds is 9. The summed E-state index contributed by atoms with van der Waals surface area (Å²) in [6.07, 6.45) is 4.19. The van der Waals surface area contributed by atoms with Gasteiger partial charge in [0.25, 0.3) is 0 Å². The zero-order chi connectivity index (χ0) is 21.2. The van der Waals surface area contributed by atoms with Gasteiger partial charge in [-0.2, -0.15) is 0 Å². The van der Waals surface area contributed by atoms with E-state index in [1.165, 1.54) is 16.5 Å². The first kappa shape index (κ1) is 25.4. The van der Waals surface area contributed by atoms with Crippen LogP contribution in [0.3, 0.4) is 0 Å². The van der Waals surface area contributed by atoms with Gasteiger partial charge in [0.2, 0.25) is 5.91 Å². The summed E-state index contributed by atoms with van der Waals surface area (Å²) >= 11 is 0. The SMILES string of the molecule is CN=C(NCCCc1c[nH]c2ccccc12)N1CCN(CC(=O)NCCOC)CC1.I. The second-order valence-electron chi connectivity index (χ2n) is 7.54. The van der Waals surface area contributed by atoms with E-state index in [1.54, 1.807) is 7.11 Å². The summed E-state index contributed by atoms with van der Waals surface area (Å²) in [5.41, 5.74) is 2.56. The van der Waals surface area contributed by atoms with Gasteiger partial charge in [0.1, 0.15) is 0 Å². The highest BCUT2D eigenvalue weighted by Gasteiger charge is 2.20. The molecule has 1 aromatic heterocycles. The van der Waals surface area contributed by atoms with Gasteiger partial charge in [0.15, 0.2) is 5.96 Å². The number of para-hydroxylation sites is 1. The van der Waals surface area contributed by atoms with Crippen molar-refractivity contribution in [2.24, 2.45) is 4.99 Å². The number of aromatic nitrogens is 1. The molecule has 1 amide bonds. The van der Waals surface area contributed by atoms with Gasteiger partial charge in [0, 0.05) is 70.5 Å². The molecule has 1 aliphatic rings. The molecular weight excluding hydrogens is 507 g/mol. The molecule has 1 fully saturated rings. The Kier molecular flexibility index (Phi) is 11.1. The Balaban J connectivity index is 0.00000341. The normalized spacial score (nSPS) is 15.0. The van der Waals surface area contributed by atoms with Crippen LogP contribution in [-0.2, 0) is 16.0 Å². The number of carbonyl (C=O) groups is 1. The van der Waals surface area contributed by atoms with Crippen molar-refractivity contribution in [2.45, 2.75) is 12.8 Å². The zero-order valence-electron chi connectivity index (χ0n) is 18.5. The molecular formula is C22H35IN6O2. The number of aliphatic imine (C=N–C) groups is 1. The van der Waals surface area contributed by atoms with Crippen LogP contribution in [0.25, 0.3) is 10.9 Å². The van der Waals surface area contributed by atoms with Crippen LogP contribution in [0.4, 0.5) is 0 Å². The van der Waals surface area contributed by atoms with Crippen LogP contribution in [0.2, 0.25) is 0 Å². The minimum atomic E-state index is 0. The number of hydrogen-bond donors (Lipinski definition) is 3. The lowest BCUT2D eigenvalue weighted by Crippen LogP contribution is -2.54. The molecule has 31 heavy (non-hydrogen) atoms. The van der Waals surface area contributed by atoms with Gasteiger partial charge in [-0.1, -0.05) is 18.2 Å². The molecule has 3 N–H and O–H groups in total. The third-order valence-corrected chi connectivity index (χ3v) is 5.46. The minimum Gasteiger partial charge on any atom is -0.383 e. The highest BCUT2D eigenvalue weighted by atomic mass is 127. The number of nitrogens with one attached hydrogen (secondary N) is 3. The van der Waals surface area contributed by atoms with Crippen LogP contribution in [0.1, 0.15) is 12.0 Å². The van der Waals surface area contributed by atoms with Crippen molar-refractivity contribution < 1.29 is 9.53 Å². The monoisotopic (exact) mass is 542 g/mol. The van der Waals surface area contributed by atoms with Crippen LogP contribution >= 0.6 is 24.0 Å². The average molecular weight is 542 g/mol. The van der Waals surface area contributed by atoms with E-state index in [2.05, 4.69) is 60.9 Å². The molecule has 1 saturated heterocycles. The lowest BCUT2D eigenvalue weighted by Gasteiger charge is -2.36. The van der Waals surface area contributed by atoms with Gasteiger partial charge < -0.3 is 25.3 Å².